The zero-order valence-corrected chi connectivity index (χ0v) is 18.2. The molecule has 174 valence electrons. The first kappa shape index (κ1) is 28.6. The first-order valence-corrected chi connectivity index (χ1v) is 9.69. The van der Waals surface area contributed by atoms with Crippen molar-refractivity contribution in [2.75, 3.05) is 20.1 Å². The van der Waals surface area contributed by atoms with Crippen LogP contribution in [0, 0.1) is 25.6 Å². The number of carbonyl (C=O) groups excluding carboxylic acids is 2. The summed E-state index contributed by atoms with van der Waals surface area (Å²) in [6.45, 7) is 7.80. The molecular formula is C22H30F4N2O3. The zero-order valence-electron chi connectivity index (χ0n) is 18.2. The number of hydrogen-bond donors (Lipinski definition) is 1. The molecule has 9 heteroatoms. The number of amides is 1. The van der Waals surface area contributed by atoms with Gasteiger partial charge in [0.1, 0.15) is 5.82 Å². The Morgan fingerprint density at radius 3 is 2.13 bits per heavy atom. The minimum atomic E-state index is -4.80. The Hall–Kier alpha value is -2.44. The summed E-state index contributed by atoms with van der Waals surface area (Å²) in [5, 5.41) is 7.70. The number of piperidine rings is 1. The lowest BCUT2D eigenvalue weighted by molar-refractivity contribution is -0.197. The number of alkyl halides is 3. The summed E-state index contributed by atoms with van der Waals surface area (Å²) in [6, 6.07) is 5.11. The number of aryl methyl sites for hydroxylation is 1. The van der Waals surface area contributed by atoms with E-state index in [4.69, 9.17) is 5.11 Å². The molecule has 1 heterocycles. The van der Waals surface area contributed by atoms with Gasteiger partial charge in [0.05, 0.1) is 5.56 Å². The molecule has 5 nitrogen and oxygen atoms in total. The first-order chi connectivity index (χ1) is 14.4. The standard InChI is InChI=1S/C17H25FN2O.C3H3F3O2.C2H2/c1-12(2)20(14-7-9-19(4)10-8-14)17(21)15-6-5-13(3)11-16(15)18;4-3(5,6)2(8)1-7;1-2/h5-6,11-12,14H,7-10H2,1-4H3;1-2,8H;1-2H/t;2-;/m.1./s1. The van der Waals surface area contributed by atoms with E-state index in [9.17, 15) is 27.2 Å². The Bertz CT molecular complexity index is 727. The van der Waals surface area contributed by atoms with E-state index in [-0.39, 0.29) is 23.6 Å². The molecule has 1 aliphatic heterocycles. The van der Waals surface area contributed by atoms with Crippen molar-refractivity contribution in [2.45, 2.75) is 58.0 Å². The maximum Gasteiger partial charge on any atom is 0.421 e. The Morgan fingerprint density at radius 1 is 1.26 bits per heavy atom. The average Bonchev–Trinajstić information content (AvgIpc) is 2.70. The molecule has 0 spiro atoms. The lowest BCUT2D eigenvalue weighted by Crippen LogP contribution is -2.49. The maximum absolute atomic E-state index is 14.1. The second-order valence-electron chi connectivity index (χ2n) is 7.45. The van der Waals surface area contributed by atoms with Gasteiger partial charge in [-0.25, -0.2) is 4.39 Å². The van der Waals surface area contributed by atoms with Gasteiger partial charge >= 0.3 is 6.18 Å². The third-order valence-corrected chi connectivity index (χ3v) is 4.69. The summed E-state index contributed by atoms with van der Waals surface area (Å²) in [5.41, 5.74) is 1.02. The number of terminal acetylenes is 1. The van der Waals surface area contributed by atoms with E-state index in [0.717, 1.165) is 31.5 Å². The van der Waals surface area contributed by atoms with E-state index < -0.39 is 24.4 Å². The molecule has 1 atom stereocenters. The van der Waals surface area contributed by atoms with Crippen LogP contribution in [0.15, 0.2) is 18.2 Å². The quantitative estimate of drug-likeness (QED) is 0.437. The summed E-state index contributed by atoms with van der Waals surface area (Å²) < 4.78 is 47.0. The molecule has 1 aliphatic rings. The van der Waals surface area contributed by atoms with Crippen LogP contribution in [-0.2, 0) is 4.79 Å². The van der Waals surface area contributed by atoms with Gasteiger partial charge in [-0.15, -0.1) is 12.8 Å². The minimum Gasteiger partial charge on any atom is -0.377 e. The van der Waals surface area contributed by atoms with Crippen LogP contribution >= 0.6 is 0 Å². The summed E-state index contributed by atoms with van der Waals surface area (Å²) in [4.78, 5) is 26.1. The highest BCUT2D eigenvalue weighted by Gasteiger charge is 2.37. The van der Waals surface area contributed by atoms with Crippen LogP contribution in [0.4, 0.5) is 17.6 Å². The van der Waals surface area contributed by atoms with Crippen molar-refractivity contribution < 1.29 is 32.3 Å². The number of rotatable bonds is 4. The van der Waals surface area contributed by atoms with Gasteiger partial charge in [-0.2, -0.15) is 13.2 Å². The SMILES string of the molecule is C#C.Cc1ccc(C(=O)N(C(C)C)C2CCN(C)CC2)c(F)c1.O=C[C@@H](O)C(F)(F)F. The van der Waals surface area contributed by atoms with Crippen LogP contribution in [0.5, 0.6) is 0 Å². The second kappa shape index (κ2) is 13.1. The van der Waals surface area contributed by atoms with Gasteiger partial charge in [0.15, 0.2) is 6.29 Å². The van der Waals surface area contributed by atoms with Crippen LogP contribution in [0.3, 0.4) is 0 Å². The van der Waals surface area contributed by atoms with Gasteiger partial charge in [0.25, 0.3) is 5.91 Å². The van der Waals surface area contributed by atoms with Gasteiger partial charge in [-0.1, -0.05) is 6.07 Å². The fourth-order valence-electron chi connectivity index (χ4n) is 3.10. The number of benzene rings is 1. The van der Waals surface area contributed by atoms with Gasteiger partial charge in [0.2, 0.25) is 6.10 Å². The van der Waals surface area contributed by atoms with E-state index >= 15 is 0 Å². The van der Waals surface area contributed by atoms with Crippen LogP contribution in [0.25, 0.3) is 0 Å². The van der Waals surface area contributed by atoms with Gasteiger partial charge in [-0.3, -0.25) is 4.79 Å². The van der Waals surface area contributed by atoms with Crippen LogP contribution in [-0.4, -0.2) is 71.6 Å². The number of halogens is 4. The van der Waals surface area contributed by atoms with E-state index in [1.807, 2.05) is 25.7 Å². The van der Waals surface area contributed by atoms with Crippen molar-refractivity contribution in [2.24, 2.45) is 0 Å². The molecule has 0 aromatic heterocycles. The number of likely N-dealkylation sites (tertiary alicyclic amines) is 1. The van der Waals surface area contributed by atoms with Crippen molar-refractivity contribution in [3.8, 4) is 12.8 Å². The molecule has 0 radical (unpaired) electrons. The normalized spacial score (nSPS) is 15.7. The van der Waals surface area contributed by atoms with Gasteiger partial charge in [0, 0.05) is 12.1 Å². The van der Waals surface area contributed by atoms with Crippen LogP contribution in [0.2, 0.25) is 0 Å². The number of carbonyl (C=O) groups is 2. The number of aliphatic hydroxyl groups excluding tert-OH is 1. The van der Waals surface area contributed by atoms with Crippen molar-refractivity contribution >= 4 is 12.2 Å². The predicted molar refractivity (Wildman–Crippen MR) is 111 cm³/mol. The molecule has 1 saturated heterocycles. The Morgan fingerprint density at radius 2 is 1.77 bits per heavy atom. The Kier molecular flexibility index (Phi) is 12.0. The summed E-state index contributed by atoms with van der Waals surface area (Å²) >= 11 is 0. The zero-order chi connectivity index (χ0) is 24.4. The van der Waals surface area contributed by atoms with Gasteiger partial charge < -0.3 is 19.7 Å². The molecule has 0 aliphatic carbocycles. The number of nitrogens with zero attached hydrogens (tertiary/aromatic N) is 2. The van der Waals surface area contributed by atoms with E-state index in [1.165, 1.54) is 6.07 Å². The highest BCUT2D eigenvalue weighted by molar-refractivity contribution is 5.95. The fourth-order valence-corrected chi connectivity index (χ4v) is 3.10. The van der Waals surface area contributed by atoms with E-state index in [2.05, 4.69) is 24.8 Å². The molecule has 0 saturated carbocycles. The Balaban J connectivity index is 0.000000762. The van der Waals surface area contributed by atoms with Crippen molar-refractivity contribution in [1.82, 2.24) is 9.80 Å². The predicted octanol–water partition coefficient (Wildman–Crippen LogP) is 3.44. The molecule has 0 unspecified atom stereocenters. The molecule has 1 aromatic carbocycles. The number of aliphatic hydroxyl groups is 1. The number of aldehydes is 1. The van der Waals surface area contributed by atoms with Gasteiger partial charge in [-0.05, 0) is 71.4 Å². The van der Waals surface area contributed by atoms with Crippen LogP contribution in [0.1, 0.15) is 42.6 Å². The second-order valence-corrected chi connectivity index (χ2v) is 7.45. The lowest BCUT2D eigenvalue weighted by atomic mass is 10.00. The van der Waals surface area contributed by atoms with E-state index in [1.54, 1.807) is 12.1 Å². The maximum atomic E-state index is 14.1. The molecule has 31 heavy (non-hydrogen) atoms. The Labute approximate surface area is 181 Å². The molecular weight excluding hydrogens is 416 g/mol. The summed E-state index contributed by atoms with van der Waals surface area (Å²) in [7, 11) is 2.09. The molecule has 0 bridgehead atoms. The van der Waals surface area contributed by atoms with E-state index in [0.29, 0.717) is 0 Å². The van der Waals surface area contributed by atoms with Crippen molar-refractivity contribution in [1.29, 1.82) is 0 Å². The highest BCUT2D eigenvalue weighted by Crippen LogP contribution is 2.22. The fraction of sp³-hybridized carbons (Fsp3) is 0.545. The topological polar surface area (TPSA) is 60.9 Å². The van der Waals surface area contributed by atoms with Crippen LogP contribution < -0.4 is 0 Å². The molecule has 1 aromatic rings. The largest absolute Gasteiger partial charge is 0.421 e. The molecule has 2 rings (SSSR count). The summed E-state index contributed by atoms with van der Waals surface area (Å²) in [6.07, 6.45) is 1.70. The number of hydrogen-bond acceptors (Lipinski definition) is 4. The molecule has 1 fully saturated rings. The molecule has 1 amide bonds. The van der Waals surface area contributed by atoms with Crippen molar-refractivity contribution in [3.63, 3.8) is 0 Å². The van der Waals surface area contributed by atoms with Crippen molar-refractivity contribution in [3.05, 3.63) is 35.1 Å². The molecule has 1 N–H and O–H groups in total. The lowest BCUT2D eigenvalue weighted by Gasteiger charge is -2.39. The average molecular weight is 446 g/mol. The monoisotopic (exact) mass is 446 g/mol. The summed E-state index contributed by atoms with van der Waals surface area (Å²) in [5.74, 6) is -0.601. The smallest absolute Gasteiger partial charge is 0.377 e. The highest BCUT2D eigenvalue weighted by atomic mass is 19.4. The third kappa shape index (κ3) is 9.07. The minimum absolute atomic E-state index is 0.0756. The first-order valence-electron chi connectivity index (χ1n) is 9.69. The third-order valence-electron chi connectivity index (χ3n) is 4.69.